The van der Waals surface area contributed by atoms with Gasteiger partial charge in [0.1, 0.15) is 0 Å². The summed E-state index contributed by atoms with van der Waals surface area (Å²) < 4.78 is 0. The van der Waals surface area contributed by atoms with Crippen LogP contribution < -0.4 is 0 Å². The number of benzene rings is 1. The molecule has 0 saturated carbocycles. The van der Waals surface area contributed by atoms with Gasteiger partial charge in [-0.2, -0.15) is 0 Å². The van der Waals surface area contributed by atoms with Crippen LogP contribution in [0, 0.1) is 6.07 Å². The smallest absolute Gasteiger partial charge is 0.0897 e. The SMILES string of the molecule is CC(=P)C=C(C)O.[Pt].[c-]1ccccc1-c1ccccn1. The third-order valence-corrected chi connectivity index (χ3v) is 2.22. The molecule has 0 spiro atoms. The Labute approximate surface area is 137 Å². The molecule has 0 unspecified atom stereocenters. The maximum atomic E-state index is 8.53. The van der Waals surface area contributed by atoms with E-state index >= 15 is 0 Å². The monoisotopic (exact) mass is 465 g/mol. The Balaban J connectivity index is 0.000000396. The zero-order chi connectivity index (χ0) is 14.1. The summed E-state index contributed by atoms with van der Waals surface area (Å²) in [5.41, 5.74) is 2.01. The molecule has 2 rings (SSSR count). The van der Waals surface area contributed by atoms with E-state index in [0.717, 1.165) is 16.6 Å². The molecule has 0 saturated heterocycles. The minimum atomic E-state index is 0. The molecule has 0 atom stereocenters. The fourth-order valence-corrected chi connectivity index (χ4v) is 1.60. The number of aliphatic hydroxyl groups excluding tert-OH is 1. The Kier molecular flexibility index (Phi) is 9.89. The number of aliphatic hydroxyl groups is 1. The molecular weight excluding hydrogens is 448 g/mol. The number of aromatic nitrogens is 1. The molecular formula is C16H17NOPPt-. The first-order chi connectivity index (χ1) is 9.09. The van der Waals surface area contributed by atoms with Crippen LogP contribution in [0.15, 0.2) is 60.5 Å². The number of hydrogen-bond donors (Lipinski definition) is 1. The molecule has 2 nitrogen and oxygen atoms in total. The molecule has 0 fully saturated rings. The number of rotatable bonds is 2. The van der Waals surface area contributed by atoms with Gasteiger partial charge in [0.2, 0.25) is 0 Å². The van der Waals surface area contributed by atoms with Crippen LogP contribution in [0.1, 0.15) is 13.8 Å². The van der Waals surface area contributed by atoms with Gasteiger partial charge in [0.15, 0.2) is 0 Å². The molecule has 0 bridgehead atoms. The Hall–Kier alpha value is -1.23. The second-order valence-electron chi connectivity index (χ2n) is 3.96. The fraction of sp³-hybridized carbons (Fsp3) is 0.125. The van der Waals surface area contributed by atoms with Crippen molar-refractivity contribution in [2.75, 3.05) is 0 Å². The molecule has 4 heteroatoms. The van der Waals surface area contributed by atoms with Crippen molar-refractivity contribution in [1.29, 1.82) is 0 Å². The van der Waals surface area contributed by atoms with Crippen LogP contribution in [0.5, 0.6) is 0 Å². The van der Waals surface area contributed by atoms with E-state index in [4.69, 9.17) is 5.11 Å². The second-order valence-corrected chi connectivity index (χ2v) is 4.75. The van der Waals surface area contributed by atoms with Gasteiger partial charge in [-0.25, -0.2) is 0 Å². The molecule has 0 amide bonds. The number of pyridine rings is 1. The summed E-state index contributed by atoms with van der Waals surface area (Å²) in [7, 11) is 3.20. The average molecular weight is 465 g/mol. The van der Waals surface area contributed by atoms with Crippen molar-refractivity contribution in [2.45, 2.75) is 13.8 Å². The molecule has 108 valence electrons. The Morgan fingerprint density at radius 1 is 1.20 bits per heavy atom. The van der Waals surface area contributed by atoms with Gasteiger partial charge < -0.3 is 10.1 Å². The first kappa shape index (κ1) is 18.8. The third-order valence-electron chi connectivity index (χ3n) is 2.08. The summed E-state index contributed by atoms with van der Waals surface area (Å²) in [6.07, 6.45) is 3.42. The number of allylic oxidation sites excluding steroid dienone is 2. The van der Waals surface area contributed by atoms with Crippen molar-refractivity contribution in [3.05, 3.63) is 66.6 Å². The molecule has 1 aromatic heterocycles. The summed E-state index contributed by atoms with van der Waals surface area (Å²) in [6.45, 7) is 3.49. The van der Waals surface area contributed by atoms with Gasteiger partial charge in [0.05, 0.1) is 5.76 Å². The van der Waals surface area contributed by atoms with Gasteiger partial charge >= 0.3 is 0 Å². The van der Waals surface area contributed by atoms with Crippen molar-refractivity contribution >= 4 is 14.2 Å². The molecule has 2 aromatic rings. The van der Waals surface area contributed by atoms with Crippen molar-refractivity contribution in [2.24, 2.45) is 0 Å². The van der Waals surface area contributed by atoms with E-state index in [-0.39, 0.29) is 21.1 Å². The number of nitrogens with zero attached hydrogens (tertiary/aromatic N) is 1. The summed E-state index contributed by atoms with van der Waals surface area (Å²) in [6, 6.07) is 16.8. The zero-order valence-electron chi connectivity index (χ0n) is 11.4. The van der Waals surface area contributed by atoms with Crippen LogP contribution in [0.25, 0.3) is 11.3 Å². The summed E-state index contributed by atoms with van der Waals surface area (Å²) >= 11 is 0. The van der Waals surface area contributed by atoms with Crippen LogP contribution in [0.2, 0.25) is 0 Å². The molecule has 0 aliphatic carbocycles. The second kappa shape index (κ2) is 10.5. The largest absolute Gasteiger partial charge is 0.513 e. The maximum Gasteiger partial charge on any atom is 0.0897 e. The average Bonchev–Trinajstić information content (AvgIpc) is 2.40. The van der Waals surface area contributed by atoms with Crippen molar-refractivity contribution in [3.63, 3.8) is 0 Å². The van der Waals surface area contributed by atoms with Gasteiger partial charge in [-0.05, 0) is 37.0 Å². The van der Waals surface area contributed by atoms with Crippen molar-refractivity contribution < 1.29 is 26.2 Å². The molecule has 1 heterocycles. The molecule has 0 aliphatic heterocycles. The van der Waals surface area contributed by atoms with Gasteiger partial charge in [-0.3, -0.25) is 0 Å². The van der Waals surface area contributed by atoms with Gasteiger partial charge in [-0.15, -0.1) is 44.8 Å². The molecule has 20 heavy (non-hydrogen) atoms. The van der Waals surface area contributed by atoms with E-state index in [0.29, 0.717) is 5.76 Å². The minimum Gasteiger partial charge on any atom is -0.513 e. The van der Waals surface area contributed by atoms with Gasteiger partial charge in [-0.1, -0.05) is 12.1 Å². The minimum absolute atomic E-state index is 0. The van der Waals surface area contributed by atoms with E-state index in [1.165, 1.54) is 0 Å². The predicted molar refractivity (Wildman–Crippen MR) is 83.9 cm³/mol. The Bertz CT molecular complexity index is 499. The van der Waals surface area contributed by atoms with Crippen LogP contribution in [0.3, 0.4) is 0 Å². The maximum absolute atomic E-state index is 8.53. The Morgan fingerprint density at radius 3 is 2.30 bits per heavy atom. The van der Waals surface area contributed by atoms with E-state index in [1.807, 2.05) is 49.4 Å². The van der Waals surface area contributed by atoms with E-state index in [2.05, 4.69) is 19.9 Å². The van der Waals surface area contributed by atoms with Crippen LogP contribution >= 0.6 is 8.86 Å². The van der Waals surface area contributed by atoms with Gasteiger partial charge in [0, 0.05) is 27.3 Å². The molecule has 0 radical (unpaired) electrons. The standard InChI is InChI=1S/C11H8N.C5H9OP.Pt/c1-2-6-10(7-3-1)11-8-4-5-9-12-11;1-4(6)3-5(2)7;/h1-6,8-9H;3,6-7H,1-2H3;/q-1;;. The van der Waals surface area contributed by atoms with E-state index in [9.17, 15) is 0 Å². The van der Waals surface area contributed by atoms with Crippen molar-refractivity contribution in [3.8, 4) is 11.3 Å². The zero-order valence-corrected chi connectivity index (χ0v) is 14.7. The fourth-order valence-electron chi connectivity index (χ4n) is 1.39. The first-order valence-electron chi connectivity index (χ1n) is 5.90. The quantitative estimate of drug-likeness (QED) is 0.407. The predicted octanol–water partition coefficient (Wildman–Crippen LogP) is 4.33. The Morgan fingerprint density at radius 2 is 1.90 bits per heavy atom. The van der Waals surface area contributed by atoms with Crippen LogP contribution in [0.4, 0.5) is 0 Å². The summed E-state index contributed by atoms with van der Waals surface area (Å²) in [4.78, 5) is 4.22. The van der Waals surface area contributed by atoms with E-state index in [1.54, 1.807) is 19.2 Å². The normalized spacial score (nSPS) is 9.80. The van der Waals surface area contributed by atoms with Crippen molar-refractivity contribution in [1.82, 2.24) is 4.98 Å². The first-order valence-corrected chi connectivity index (χ1v) is 6.40. The van der Waals surface area contributed by atoms with Gasteiger partial charge in [0.25, 0.3) is 0 Å². The molecule has 1 N–H and O–H groups in total. The summed E-state index contributed by atoms with van der Waals surface area (Å²) in [5.74, 6) is 0.326. The third kappa shape index (κ3) is 8.04. The van der Waals surface area contributed by atoms with Crippen LogP contribution in [-0.2, 0) is 21.1 Å². The van der Waals surface area contributed by atoms with Crippen LogP contribution in [-0.4, -0.2) is 15.4 Å². The topological polar surface area (TPSA) is 33.1 Å². The molecule has 1 aromatic carbocycles. The number of hydrogen-bond acceptors (Lipinski definition) is 2. The summed E-state index contributed by atoms with van der Waals surface area (Å²) in [5, 5.41) is 9.46. The van der Waals surface area contributed by atoms with E-state index < -0.39 is 0 Å². The molecule has 0 aliphatic rings.